The second-order valence-electron chi connectivity index (χ2n) is 4.56. The van der Waals surface area contributed by atoms with Crippen LogP contribution >= 0.6 is 11.8 Å². The van der Waals surface area contributed by atoms with Gasteiger partial charge in [-0.05, 0) is 37.6 Å². The van der Waals surface area contributed by atoms with Crippen LogP contribution in [0, 0.1) is 0 Å². The zero-order valence-electron chi connectivity index (χ0n) is 12.7. The van der Waals surface area contributed by atoms with Crippen LogP contribution in [0.2, 0.25) is 0 Å². The molecule has 0 saturated carbocycles. The van der Waals surface area contributed by atoms with Gasteiger partial charge in [0.2, 0.25) is 0 Å². The van der Waals surface area contributed by atoms with Crippen LogP contribution in [0.25, 0.3) is 0 Å². The van der Waals surface area contributed by atoms with Gasteiger partial charge in [0.1, 0.15) is 22.9 Å². The van der Waals surface area contributed by atoms with Crippen LogP contribution < -0.4 is 10.1 Å². The Bertz CT molecular complexity index is 572. The number of methoxy groups -OCH3 is 1. The number of benzene rings is 1. The van der Waals surface area contributed by atoms with Gasteiger partial charge in [0, 0.05) is 17.0 Å². The topological polar surface area (TPSA) is 47.0 Å². The van der Waals surface area contributed by atoms with Crippen LogP contribution in [0.1, 0.15) is 25.8 Å². The Morgan fingerprint density at radius 3 is 2.52 bits per heavy atom. The first-order valence-corrected chi connectivity index (χ1v) is 7.99. The van der Waals surface area contributed by atoms with Gasteiger partial charge in [0.25, 0.3) is 0 Å². The molecule has 0 saturated heterocycles. The van der Waals surface area contributed by atoms with Crippen molar-refractivity contribution in [2.75, 3.05) is 19.0 Å². The number of nitrogens with one attached hydrogen (secondary N) is 1. The molecule has 0 aliphatic rings. The lowest BCUT2D eigenvalue weighted by Gasteiger charge is -2.12. The average molecular weight is 303 g/mol. The highest BCUT2D eigenvalue weighted by molar-refractivity contribution is 7.99. The van der Waals surface area contributed by atoms with Gasteiger partial charge in [0.15, 0.2) is 0 Å². The smallest absolute Gasteiger partial charge is 0.133 e. The molecule has 0 bridgehead atoms. The Hall–Kier alpha value is -1.75. The van der Waals surface area contributed by atoms with E-state index in [1.54, 1.807) is 25.2 Å². The van der Waals surface area contributed by atoms with Crippen LogP contribution in [0.3, 0.4) is 0 Å². The number of aromatic nitrogens is 2. The van der Waals surface area contributed by atoms with Gasteiger partial charge >= 0.3 is 0 Å². The summed E-state index contributed by atoms with van der Waals surface area (Å²) in [6.07, 6.45) is 3.67. The lowest BCUT2D eigenvalue weighted by Crippen LogP contribution is -2.05. The third kappa shape index (κ3) is 4.11. The normalized spacial score (nSPS) is 10.4. The first-order chi connectivity index (χ1) is 10.3. The molecule has 21 heavy (non-hydrogen) atoms. The monoisotopic (exact) mass is 303 g/mol. The molecule has 0 fully saturated rings. The lowest BCUT2D eigenvalue weighted by molar-refractivity contribution is 0.414. The fourth-order valence-electron chi connectivity index (χ4n) is 2.03. The van der Waals surface area contributed by atoms with E-state index < -0.39 is 0 Å². The maximum Gasteiger partial charge on any atom is 0.133 e. The van der Waals surface area contributed by atoms with Gasteiger partial charge in [0.05, 0.1) is 7.11 Å². The largest absolute Gasteiger partial charge is 0.497 e. The molecule has 2 aromatic rings. The van der Waals surface area contributed by atoms with Gasteiger partial charge in [-0.3, -0.25) is 0 Å². The van der Waals surface area contributed by atoms with E-state index in [1.807, 2.05) is 24.3 Å². The Morgan fingerprint density at radius 2 is 1.90 bits per heavy atom. The van der Waals surface area contributed by atoms with E-state index in [0.29, 0.717) is 0 Å². The highest BCUT2D eigenvalue weighted by Gasteiger charge is 2.11. The summed E-state index contributed by atoms with van der Waals surface area (Å²) in [5.74, 6) is 1.81. The molecule has 0 aliphatic heterocycles. The summed E-state index contributed by atoms with van der Waals surface area (Å²) in [5.41, 5.74) is 1.20. The van der Waals surface area contributed by atoms with E-state index in [-0.39, 0.29) is 0 Å². The van der Waals surface area contributed by atoms with Crippen LogP contribution in [0.4, 0.5) is 5.82 Å². The average Bonchev–Trinajstić information content (AvgIpc) is 2.51. The second-order valence-corrected chi connectivity index (χ2v) is 5.63. The number of nitrogens with zero attached hydrogens (tertiary/aromatic N) is 2. The third-order valence-electron chi connectivity index (χ3n) is 3.02. The summed E-state index contributed by atoms with van der Waals surface area (Å²) in [5, 5.41) is 4.34. The van der Waals surface area contributed by atoms with Crippen molar-refractivity contribution in [2.45, 2.75) is 36.6 Å². The van der Waals surface area contributed by atoms with Crippen molar-refractivity contribution in [1.82, 2.24) is 9.97 Å². The van der Waals surface area contributed by atoms with Crippen molar-refractivity contribution < 1.29 is 4.74 Å². The van der Waals surface area contributed by atoms with E-state index in [4.69, 9.17) is 4.74 Å². The molecule has 1 N–H and O–H groups in total. The van der Waals surface area contributed by atoms with Gasteiger partial charge in [-0.15, -0.1) is 0 Å². The molecule has 0 unspecified atom stereocenters. The van der Waals surface area contributed by atoms with Gasteiger partial charge in [-0.1, -0.05) is 25.1 Å². The summed E-state index contributed by atoms with van der Waals surface area (Å²) in [6.45, 7) is 5.11. The summed E-state index contributed by atoms with van der Waals surface area (Å²) < 4.78 is 5.19. The molecule has 0 radical (unpaired) electrons. The molecule has 1 aromatic heterocycles. The number of ether oxygens (including phenoxy) is 1. The van der Waals surface area contributed by atoms with E-state index in [0.717, 1.165) is 40.9 Å². The Kier molecular flexibility index (Phi) is 5.87. The van der Waals surface area contributed by atoms with E-state index >= 15 is 0 Å². The lowest BCUT2D eigenvalue weighted by atomic mass is 10.2. The Balaban J connectivity index is 2.26. The van der Waals surface area contributed by atoms with Gasteiger partial charge in [-0.25, -0.2) is 9.97 Å². The molecule has 0 atom stereocenters. The Labute approximate surface area is 130 Å². The molecule has 0 aliphatic carbocycles. The number of hydrogen-bond donors (Lipinski definition) is 1. The summed E-state index contributed by atoms with van der Waals surface area (Å²) in [7, 11) is 1.68. The first kappa shape index (κ1) is 15.6. The molecule has 2 rings (SSSR count). The van der Waals surface area contributed by atoms with Crippen molar-refractivity contribution >= 4 is 17.6 Å². The standard InChI is InChI=1S/C16H21N3OS/c1-4-6-14-15(17-5-2)18-11-19-16(14)21-13-9-7-12(20-3)8-10-13/h7-11H,4-6H2,1-3H3,(H,17,18,19). The SMILES string of the molecule is CCCc1c(NCC)ncnc1Sc1ccc(OC)cc1. The molecule has 4 nitrogen and oxygen atoms in total. The minimum Gasteiger partial charge on any atom is -0.497 e. The second kappa shape index (κ2) is 7.88. The summed E-state index contributed by atoms with van der Waals surface area (Å²) >= 11 is 1.67. The molecular formula is C16H21N3OS. The van der Waals surface area contributed by atoms with Crippen molar-refractivity contribution in [3.05, 3.63) is 36.2 Å². The van der Waals surface area contributed by atoms with E-state index in [9.17, 15) is 0 Å². The molecule has 0 spiro atoms. The highest BCUT2D eigenvalue weighted by atomic mass is 32.2. The minimum absolute atomic E-state index is 0.861. The fraction of sp³-hybridized carbons (Fsp3) is 0.375. The fourth-order valence-corrected chi connectivity index (χ4v) is 2.95. The van der Waals surface area contributed by atoms with Crippen LogP contribution in [-0.4, -0.2) is 23.6 Å². The molecule has 112 valence electrons. The van der Waals surface area contributed by atoms with Crippen molar-refractivity contribution in [3.8, 4) is 5.75 Å². The van der Waals surface area contributed by atoms with Crippen LogP contribution in [0.5, 0.6) is 5.75 Å². The molecule has 1 heterocycles. The Morgan fingerprint density at radius 1 is 1.14 bits per heavy atom. The number of rotatable bonds is 7. The van der Waals surface area contributed by atoms with Crippen molar-refractivity contribution in [2.24, 2.45) is 0 Å². The van der Waals surface area contributed by atoms with Gasteiger partial charge < -0.3 is 10.1 Å². The predicted octanol–water partition coefficient (Wildman–Crippen LogP) is 4.02. The maximum absolute atomic E-state index is 5.19. The molecule has 0 amide bonds. The quantitative estimate of drug-likeness (QED) is 0.783. The van der Waals surface area contributed by atoms with Gasteiger partial charge in [-0.2, -0.15) is 0 Å². The van der Waals surface area contributed by atoms with Crippen LogP contribution in [0.15, 0.2) is 40.5 Å². The van der Waals surface area contributed by atoms with Crippen molar-refractivity contribution in [1.29, 1.82) is 0 Å². The van der Waals surface area contributed by atoms with E-state index in [1.165, 1.54) is 5.56 Å². The predicted molar refractivity (Wildman–Crippen MR) is 87.3 cm³/mol. The molecule has 5 heteroatoms. The molecular weight excluding hydrogens is 282 g/mol. The summed E-state index contributed by atoms with van der Waals surface area (Å²) in [4.78, 5) is 9.97. The zero-order valence-corrected chi connectivity index (χ0v) is 13.5. The maximum atomic E-state index is 5.19. The number of anilines is 1. The van der Waals surface area contributed by atoms with E-state index in [2.05, 4.69) is 29.1 Å². The third-order valence-corrected chi connectivity index (χ3v) is 4.08. The first-order valence-electron chi connectivity index (χ1n) is 7.18. The zero-order chi connectivity index (χ0) is 15.1. The van der Waals surface area contributed by atoms with Crippen LogP contribution in [-0.2, 0) is 6.42 Å². The minimum atomic E-state index is 0.861. The van der Waals surface area contributed by atoms with Crippen molar-refractivity contribution in [3.63, 3.8) is 0 Å². The number of hydrogen-bond acceptors (Lipinski definition) is 5. The molecule has 1 aromatic carbocycles. The summed E-state index contributed by atoms with van der Waals surface area (Å²) in [6, 6.07) is 8.03. The highest BCUT2D eigenvalue weighted by Crippen LogP contribution is 2.32.